The van der Waals surface area contributed by atoms with Crippen molar-refractivity contribution in [3.63, 3.8) is 0 Å². The number of carbonyl (C=O) groups excluding carboxylic acids is 1. The van der Waals surface area contributed by atoms with Gasteiger partial charge in [-0.1, -0.05) is 98.9 Å². The number of benzene rings is 2. The van der Waals surface area contributed by atoms with Crippen molar-refractivity contribution >= 4 is 28.7 Å². The Morgan fingerprint density at radius 2 is 1.73 bits per heavy atom. The second-order valence-electron chi connectivity index (χ2n) is 8.28. The van der Waals surface area contributed by atoms with E-state index in [1.54, 1.807) is 0 Å². The molecule has 0 spiro atoms. The van der Waals surface area contributed by atoms with E-state index < -0.39 is 6.17 Å². The molecule has 2 aromatic carbocycles. The fourth-order valence-corrected chi connectivity index (χ4v) is 4.24. The summed E-state index contributed by atoms with van der Waals surface area (Å²) in [5.41, 5.74) is 4.07. The molecule has 4 heteroatoms. The molecule has 1 N–H and O–H groups in total. The molecule has 2 aromatic rings. The van der Waals surface area contributed by atoms with Crippen LogP contribution in [-0.4, -0.2) is 22.6 Å². The number of nitrogens with zero attached hydrogens (tertiary/aromatic N) is 1. The summed E-state index contributed by atoms with van der Waals surface area (Å²) in [4.78, 5) is 18.3. The first-order chi connectivity index (χ1) is 14.5. The van der Waals surface area contributed by atoms with Crippen LogP contribution in [0.4, 0.5) is 0 Å². The van der Waals surface area contributed by atoms with Crippen LogP contribution in [0.3, 0.4) is 0 Å². The number of thiocarbonyl (C=S) groups is 1. The van der Waals surface area contributed by atoms with Crippen LogP contribution in [-0.2, 0) is 4.79 Å². The van der Waals surface area contributed by atoms with Gasteiger partial charge >= 0.3 is 0 Å². The minimum Gasteiger partial charge on any atom is -0.330 e. The highest BCUT2D eigenvalue weighted by atomic mass is 32.1. The summed E-state index contributed by atoms with van der Waals surface area (Å²) in [6.45, 7) is 3.93. The van der Waals surface area contributed by atoms with E-state index in [9.17, 15) is 4.79 Å². The molecule has 0 aliphatic heterocycles. The largest absolute Gasteiger partial charge is 0.330 e. The van der Waals surface area contributed by atoms with Gasteiger partial charge in [0.2, 0.25) is 5.91 Å². The molecule has 158 valence electrons. The Labute approximate surface area is 186 Å². The predicted molar refractivity (Wildman–Crippen MR) is 129 cm³/mol. The topological polar surface area (TPSA) is 41.5 Å². The van der Waals surface area contributed by atoms with Gasteiger partial charge in [-0.05, 0) is 31.7 Å². The van der Waals surface area contributed by atoms with E-state index in [-0.39, 0.29) is 5.91 Å². The lowest BCUT2D eigenvalue weighted by Crippen LogP contribution is -2.38. The van der Waals surface area contributed by atoms with Crippen LogP contribution in [0.15, 0.2) is 59.6 Å². The smallest absolute Gasteiger partial charge is 0.221 e. The molecule has 1 atom stereocenters. The summed E-state index contributed by atoms with van der Waals surface area (Å²) >= 11 is 5.47. The molecule has 1 saturated carbocycles. The Morgan fingerprint density at radius 1 is 1.07 bits per heavy atom. The maximum Gasteiger partial charge on any atom is 0.221 e. The average Bonchev–Trinajstić information content (AvgIpc) is 2.77. The summed E-state index contributed by atoms with van der Waals surface area (Å²) in [5, 5.41) is 3.08. The standard InChI is InChI=1S/C26H32N2OS/c1-19-11-9-10-16-23(19)25(22-14-7-4-8-15-22)28-26(20(2)30)27-24(29)18-17-21-12-5-3-6-13-21/h4,7-11,14-16,21,26H,3,5-6,12-13,17-18H2,1-2H3,(H,27,29)/b28-25-. The van der Waals surface area contributed by atoms with Crippen LogP contribution in [0.2, 0.25) is 0 Å². The Kier molecular flexibility index (Phi) is 8.32. The molecule has 1 fully saturated rings. The molecule has 0 radical (unpaired) electrons. The monoisotopic (exact) mass is 420 g/mol. The van der Waals surface area contributed by atoms with E-state index in [4.69, 9.17) is 17.2 Å². The number of amides is 1. The number of carbonyl (C=O) groups is 1. The van der Waals surface area contributed by atoms with Crippen molar-refractivity contribution in [1.82, 2.24) is 5.32 Å². The summed E-state index contributed by atoms with van der Waals surface area (Å²) < 4.78 is 0. The van der Waals surface area contributed by atoms with Gasteiger partial charge in [0.1, 0.15) is 0 Å². The Morgan fingerprint density at radius 3 is 2.40 bits per heavy atom. The Hall–Kier alpha value is -2.33. The summed E-state index contributed by atoms with van der Waals surface area (Å²) in [6.07, 6.45) is 7.45. The van der Waals surface area contributed by atoms with Gasteiger partial charge in [0, 0.05) is 22.4 Å². The Balaban J connectivity index is 1.80. The zero-order chi connectivity index (χ0) is 21.3. The maximum absolute atomic E-state index is 12.7. The van der Waals surface area contributed by atoms with Gasteiger partial charge in [0.05, 0.1) is 5.71 Å². The molecule has 1 aliphatic rings. The minimum atomic E-state index is -0.506. The maximum atomic E-state index is 12.7. The molecular weight excluding hydrogens is 388 g/mol. The van der Waals surface area contributed by atoms with Gasteiger partial charge in [0.15, 0.2) is 6.17 Å². The van der Waals surface area contributed by atoms with E-state index >= 15 is 0 Å². The van der Waals surface area contributed by atoms with Crippen molar-refractivity contribution < 1.29 is 4.79 Å². The van der Waals surface area contributed by atoms with Gasteiger partial charge in [-0.15, -0.1) is 0 Å². The van der Waals surface area contributed by atoms with E-state index in [0.29, 0.717) is 17.2 Å². The predicted octanol–water partition coefficient (Wildman–Crippen LogP) is 6.03. The molecule has 0 saturated heterocycles. The highest BCUT2D eigenvalue weighted by Gasteiger charge is 2.19. The first kappa shape index (κ1) is 22.4. The highest BCUT2D eigenvalue weighted by molar-refractivity contribution is 7.80. The van der Waals surface area contributed by atoms with E-state index in [1.165, 1.54) is 32.1 Å². The second-order valence-corrected chi connectivity index (χ2v) is 8.93. The first-order valence-electron chi connectivity index (χ1n) is 11.0. The van der Waals surface area contributed by atoms with Gasteiger partial charge in [-0.25, -0.2) is 0 Å². The normalized spacial score (nSPS) is 16.1. The Bertz CT molecular complexity index is 885. The molecule has 1 aliphatic carbocycles. The fraction of sp³-hybridized carbons (Fsp3) is 0.423. The third-order valence-corrected chi connectivity index (χ3v) is 6.12. The number of aryl methyl sites for hydroxylation is 1. The molecule has 0 heterocycles. The van der Waals surface area contributed by atoms with Gasteiger partial charge in [-0.2, -0.15) is 0 Å². The van der Waals surface area contributed by atoms with Crippen molar-refractivity contribution in [3.05, 3.63) is 71.3 Å². The summed E-state index contributed by atoms with van der Waals surface area (Å²) in [7, 11) is 0. The summed E-state index contributed by atoms with van der Waals surface area (Å²) in [5.74, 6) is 0.725. The molecule has 1 amide bonds. The zero-order valence-corrected chi connectivity index (χ0v) is 18.9. The van der Waals surface area contributed by atoms with Crippen molar-refractivity contribution in [2.45, 2.75) is 65.0 Å². The fourth-order valence-electron chi connectivity index (χ4n) is 4.12. The number of hydrogen-bond donors (Lipinski definition) is 1. The second kappa shape index (κ2) is 11.2. The third kappa shape index (κ3) is 6.33. The third-order valence-electron chi connectivity index (χ3n) is 5.89. The molecular formula is C26H32N2OS. The molecule has 0 bridgehead atoms. The van der Waals surface area contributed by atoms with E-state index in [0.717, 1.165) is 28.8 Å². The van der Waals surface area contributed by atoms with Gasteiger partial charge < -0.3 is 5.32 Å². The first-order valence-corrected chi connectivity index (χ1v) is 11.4. The molecule has 1 unspecified atom stereocenters. The van der Waals surface area contributed by atoms with E-state index in [1.807, 2.05) is 49.4 Å². The van der Waals surface area contributed by atoms with Crippen LogP contribution >= 0.6 is 12.2 Å². The van der Waals surface area contributed by atoms with Crippen LogP contribution in [0.25, 0.3) is 0 Å². The van der Waals surface area contributed by atoms with Crippen LogP contribution in [0.5, 0.6) is 0 Å². The average molecular weight is 421 g/mol. The minimum absolute atomic E-state index is 0.0377. The van der Waals surface area contributed by atoms with Crippen LogP contribution in [0.1, 0.15) is 68.6 Å². The lowest BCUT2D eigenvalue weighted by Gasteiger charge is -2.22. The van der Waals surface area contributed by atoms with Crippen molar-refractivity contribution in [2.75, 3.05) is 0 Å². The lowest BCUT2D eigenvalue weighted by molar-refractivity contribution is -0.121. The number of aliphatic imine (C=N–C) groups is 1. The SMILES string of the molecule is CC(=S)C(/N=C(/c1ccccc1)c1ccccc1C)NC(=O)CCC1CCCCC1. The van der Waals surface area contributed by atoms with Crippen molar-refractivity contribution in [2.24, 2.45) is 10.9 Å². The lowest BCUT2D eigenvalue weighted by atomic mass is 9.86. The van der Waals surface area contributed by atoms with Crippen LogP contribution < -0.4 is 5.32 Å². The van der Waals surface area contributed by atoms with E-state index in [2.05, 4.69) is 24.4 Å². The summed E-state index contributed by atoms with van der Waals surface area (Å²) in [6, 6.07) is 18.3. The number of hydrogen-bond acceptors (Lipinski definition) is 3. The molecule has 30 heavy (non-hydrogen) atoms. The number of rotatable bonds is 8. The van der Waals surface area contributed by atoms with Crippen molar-refractivity contribution in [1.29, 1.82) is 0 Å². The van der Waals surface area contributed by atoms with Gasteiger partial charge in [0.25, 0.3) is 0 Å². The van der Waals surface area contributed by atoms with Crippen molar-refractivity contribution in [3.8, 4) is 0 Å². The van der Waals surface area contributed by atoms with Crippen LogP contribution in [0, 0.1) is 12.8 Å². The molecule has 3 nitrogen and oxygen atoms in total. The molecule has 3 rings (SSSR count). The number of nitrogens with one attached hydrogen (secondary N) is 1. The highest BCUT2D eigenvalue weighted by Crippen LogP contribution is 2.27. The quantitative estimate of drug-likeness (QED) is 0.419. The van der Waals surface area contributed by atoms with Gasteiger partial charge in [-0.3, -0.25) is 9.79 Å². The zero-order valence-electron chi connectivity index (χ0n) is 18.1. The molecule has 0 aromatic heterocycles.